The third kappa shape index (κ3) is 5.44. The Morgan fingerprint density at radius 2 is 2.00 bits per heavy atom. The largest absolute Gasteiger partial charge is 0.493 e. The molecule has 0 aliphatic rings. The van der Waals surface area contributed by atoms with Crippen LogP contribution >= 0.6 is 24.0 Å². The Morgan fingerprint density at radius 1 is 1.27 bits per heavy atom. The van der Waals surface area contributed by atoms with Gasteiger partial charge in [0, 0.05) is 16.9 Å². The molecule has 1 amide bonds. The molecule has 5 nitrogen and oxygen atoms in total. The van der Waals surface area contributed by atoms with Crippen molar-refractivity contribution in [1.29, 1.82) is 0 Å². The Balaban J connectivity index is 0.00000338. The minimum Gasteiger partial charge on any atom is -0.493 e. The fraction of sp³-hybridized carbons (Fsp3) is 0.316. The van der Waals surface area contributed by atoms with Gasteiger partial charge in [-0.05, 0) is 43.2 Å². The van der Waals surface area contributed by atoms with Crippen LogP contribution in [0.1, 0.15) is 35.7 Å². The molecule has 0 aromatic heterocycles. The summed E-state index contributed by atoms with van der Waals surface area (Å²) in [5.41, 5.74) is 8.31. The van der Waals surface area contributed by atoms with Crippen LogP contribution in [-0.2, 0) is 0 Å². The van der Waals surface area contributed by atoms with Gasteiger partial charge in [-0.2, -0.15) is 0 Å². The number of carbonyl (C=O) groups excluding carboxylic acids is 1. The van der Waals surface area contributed by atoms with Gasteiger partial charge in [-0.1, -0.05) is 31.0 Å². The quantitative estimate of drug-likeness (QED) is 0.502. The molecule has 3 N–H and O–H groups in total. The maximum absolute atomic E-state index is 12.6. The number of nitrogens with two attached hydrogens (primary N) is 1. The fourth-order valence-corrected chi connectivity index (χ4v) is 2.54. The number of carbonyl (C=O) groups is 1. The van der Waals surface area contributed by atoms with Gasteiger partial charge in [0.2, 0.25) is 0 Å². The molecule has 0 atom stereocenters. The molecule has 0 spiro atoms. The molecule has 142 valence electrons. The SMILES string of the molecule is CCCCOc1c(Cl)cc(C(=O)Nc2cc(N)ccc2C)cc1OC.Cl. The van der Waals surface area contributed by atoms with E-state index in [1.807, 2.05) is 13.0 Å². The number of aryl methyl sites for hydroxylation is 1. The zero-order valence-corrected chi connectivity index (χ0v) is 16.7. The first-order valence-corrected chi connectivity index (χ1v) is 8.51. The van der Waals surface area contributed by atoms with E-state index in [0.717, 1.165) is 18.4 Å². The fourth-order valence-electron chi connectivity index (χ4n) is 2.28. The third-order valence-corrected chi connectivity index (χ3v) is 4.03. The minimum atomic E-state index is -0.297. The van der Waals surface area contributed by atoms with Gasteiger partial charge >= 0.3 is 0 Å². The molecule has 0 bridgehead atoms. The van der Waals surface area contributed by atoms with Crippen molar-refractivity contribution >= 4 is 41.3 Å². The Labute approximate surface area is 165 Å². The number of nitrogens with one attached hydrogen (secondary N) is 1. The van der Waals surface area contributed by atoms with Crippen molar-refractivity contribution in [1.82, 2.24) is 0 Å². The van der Waals surface area contributed by atoms with Gasteiger partial charge < -0.3 is 20.5 Å². The van der Waals surface area contributed by atoms with Crippen molar-refractivity contribution in [2.24, 2.45) is 0 Å². The molecule has 0 fully saturated rings. The van der Waals surface area contributed by atoms with E-state index < -0.39 is 0 Å². The normalized spacial score (nSPS) is 10.0. The maximum atomic E-state index is 12.6. The summed E-state index contributed by atoms with van der Waals surface area (Å²) in [6.07, 6.45) is 1.93. The first-order valence-electron chi connectivity index (χ1n) is 8.14. The summed E-state index contributed by atoms with van der Waals surface area (Å²) in [6.45, 7) is 4.52. The molecule has 0 unspecified atom stereocenters. The van der Waals surface area contributed by atoms with Crippen LogP contribution in [0, 0.1) is 6.92 Å². The van der Waals surface area contributed by atoms with Crippen LogP contribution < -0.4 is 20.5 Å². The summed E-state index contributed by atoms with van der Waals surface area (Å²) in [5, 5.41) is 3.18. The smallest absolute Gasteiger partial charge is 0.255 e. The van der Waals surface area contributed by atoms with Crippen LogP contribution in [0.25, 0.3) is 0 Å². The van der Waals surface area contributed by atoms with E-state index in [9.17, 15) is 4.79 Å². The van der Waals surface area contributed by atoms with E-state index in [2.05, 4.69) is 12.2 Å². The van der Waals surface area contributed by atoms with Crippen molar-refractivity contribution in [3.05, 3.63) is 46.5 Å². The number of anilines is 2. The maximum Gasteiger partial charge on any atom is 0.255 e. The number of methoxy groups -OCH3 is 1. The second kappa shape index (κ2) is 10.1. The van der Waals surface area contributed by atoms with Gasteiger partial charge in [-0.15, -0.1) is 12.4 Å². The van der Waals surface area contributed by atoms with Crippen molar-refractivity contribution < 1.29 is 14.3 Å². The summed E-state index contributed by atoms with van der Waals surface area (Å²) < 4.78 is 11.0. The van der Waals surface area contributed by atoms with E-state index in [1.165, 1.54) is 7.11 Å². The Hall–Kier alpha value is -2.11. The van der Waals surface area contributed by atoms with E-state index in [0.29, 0.717) is 40.1 Å². The first kappa shape index (κ1) is 21.9. The zero-order chi connectivity index (χ0) is 18.4. The Morgan fingerprint density at radius 3 is 2.65 bits per heavy atom. The lowest BCUT2D eigenvalue weighted by Gasteiger charge is -2.14. The summed E-state index contributed by atoms with van der Waals surface area (Å²) in [5.74, 6) is 0.585. The second-order valence-corrected chi connectivity index (χ2v) is 6.13. The Kier molecular flexibility index (Phi) is 8.55. The topological polar surface area (TPSA) is 73.6 Å². The summed E-state index contributed by atoms with van der Waals surface area (Å²) >= 11 is 6.29. The average Bonchev–Trinajstić information content (AvgIpc) is 2.59. The van der Waals surface area contributed by atoms with Crippen LogP contribution in [-0.4, -0.2) is 19.6 Å². The summed E-state index contributed by atoms with van der Waals surface area (Å²) in [4.78, 5) is 12.6. The van der Waals surface area contributed by atoms with Gasteiger partial charge in [0.15, 0.2) is 11.5 Å². The number of nitrogen functional groups attached to an aromatic ring is 1. The lowest BCUT2D eigenvalue weighted by Crippen LogP contribution is -2.13. The van der Waals surface area contributed by atoms with Gasteiger partial charge in [0.05, 0.1) is 18.7 Å². The number of rotatable bonds is 7. The van der Waals surface area contributed by atoms with Crippen LogP contribution in [0.3, 0.4) is 0 Å². The minimum absolute atomic E-state index is 0. The molecular formula is C19H24Cl2N2O3. The average molecular weight is 399 g/mol. The van der Waals surface area contributed by atoms with E-state index >= 15 is 0 Å². The number of hydrogen-bond acceptors (Lipinski definition) is 4. The van der Waals surface area contributed by atoms with E-state index in [-0.39, 0.29) is 18.3 Å². The summed E-state index contributed by atoms with van der Waals surface area (Å²) in [7, 11) is 1.52. The molecule has 26 heavy (non-hydrogen) atoms. The molecule has 0 heterocycles. The molecule has 2 rings (SSSR count). The van der Waals surface area contributed by atoms with Crippen LogP contribution in [0.4, 0.5) is 11.4 Å². The number of halogens is 2. The van der Waals surface area contributed by atoms with Crippen LogP contribution in [0.15, 0.2) is 30.3 Å². The summed E-state index contributed by atoms with van der Waals surface area (Å²) in [6, 6.07) is 8.54. The van der Waals surface area contributed by atoms with Crippen molar-refractivity contribution in [3.8, 4) is 11.5 Å². The molecule has 2 aromatic carbocycles. The number of hydrogen-bond donors (Lipinski definition) is 2. The third-order valence-electron chi connectivity index (χ3n) is 3.75. The van der Waals surface area contributed by atoms with Gasteiger partial charge in [0.1, 0.15) is 0 Å². The van der Waals surface area contributed by atoms with Crippen molar-refractivity contribution in [3.63, 3.8) is 0 Å². The van der Waals surface area contributed by atoms with Crippen molar-refractivity contribution in [2.75, 3.05) is 24.8 Å². The lowest BCUT2D eigenvalue weighted by molar-refractivity contribution is 0.102. The van der Waals surface area contributed by atoms with E-state index in [4.69, 9.17) is 26.8 Å². The molecule has 2 aromatic rings. The van der Waals surface area contributed by atoms with E-state index in [1.54, 1.807) is 24.3 Å². The van der Waals surface area contributed by atoms with Gasteiger partial charge in [0.25, 0.3) is 5.91 Å². The standard InChI is InChI=1S/C19H23ClN2O3.ClH/c1-4-5-8-25-18-15(20)9-13(10-17(18)24-3)19(23)22-16-11-14(21)7-6-12(16)2;/h6-7,9-11H,4-5,8,21H2,1-3H3,(H,22,23);1H. The number of benzene rings is 2. The molecule has 0 saturated heterocycles. The molecule has 0 radical (unpaired) electrons. The van der Waals surface area contributed by atoms with Gasteiger partial charge in [-0.25, -0.2) is 0 Å². The number of amides is 1. The highest BCUT2D eigenvalue weighted by Gasteiger charge is 2.16. The predicted octanol–water partition coefficient (Wildman–Crippen LogP) is 5.09. The number of unbranched alkanes of at least 4 members (excludes halogenated alkanes) is 1. The molecule has 7 heteroatoms. The first-order chi connectivity index (χ1) is 12.0. The molecule has 0 saturated carbocycles. The molecular weight excluding hydrogens is 375 g/mol. The molecule has 0 aliphatic carbocycles. The zero-order valence-electron chi connectivity index (χ0n) is 15.1. The highest BCUT2D eigenvalue weighted by molar-refractivity contribution is 6.32. The second-order valence-electron chi connectivity index (χ2n) is 5.72. The monoisotopic (exact) mass is 398 g/mol. The van der Waals surface area contributed by atoms with Crippen LogP contribution in [0.5, 0.6) is 11.5 Å². The number of ether oxygens (including phenoxy) is 2. The highest BCUT2D eigenvalue weighted by atomic mass is 35.5. The highest BCUT2D eigenvalue weighted by Crippen LogP contribution is 2.37. The molecule has 0 aliphatic heterocycles. The lowest BCUT2D eigenvalue weighted by atomic mass is 10.1. The predicted molar refractivity (Wildman–Crippen MR) is 109 cm³/mol. The van der Waals surface area contributed by atoms with Crippen molar-refractivity contribution in [2.45, 2.75) is 26.7 Å². The van der Waals surface area contributed by atoms with Crippen LogP contribution in [0.2, 0.25) is 5.02 Å². The van der Waals surface area contributed by atoms with Gasteiger partial charge in [-0.3, -0.25) is 4.79 Å². The Bertz CT molecular complexity index is 767.